The first-order valence-corrected chi connectivity index (χ1v) is 7.56. The molecule has 2 atom stereocenters. The van der Waals surface area contributed by atoms with E-state index >= 15 is 0 Å². The van der Waals surface area contributed by atoms with E-state index in [2.05, 4.69) is 22.0 Å². The highest BCUT2D eigenvalue weighted by Gasteiger charge is 2.35. The van der Waals surface area contributed by atoms with Gasteiger partial charge in [-0.2, -0.15) is 0 Å². The van der Waals surface area contributed by atoms with Crippen molar-refractivity contribution in [2.75, 3.05) is 13.2 Å². The molecule has 2 aliphatic rings. The normalized spacial score (nSPS) is 27.2. The van der Waals surface area contributed by atoms with E-state index in [1.807, 2.05) is 18.2 Å². The Labute approximate surface area is 120 Å². The van der Waals surface area contributed by atoms with Gasteiger partial charge in [-0.1, -0.05) is 43.2 Å². The van der Waals surface area contributed by atoms with Gasteiger partial charge in [-0.05, 0) is 18.4 Å². The van der Waals surface area contributed by atoms with Crippen molar-refractivity contribution in [3.05, 3.63) is 35.9 Å². The van der Waals surface area contributed by atoms with Crippen LogP contribution in [-0.2, 0) is 11.3 Å². The van der Waals surface area contributed by atoms with Gasteiger partial charge in [0.1, 0.15) is 0 Å². The molecule has 0 amide bonds. The predicted molar refractivity (Wildman–Crippen MR) is 80.5 cm³/mol. The number of nitrogens with zero attached hydrogens (tertiary/aromatic N) is 2. The molecule has 1 aromatic carbocycles. The molecule has 1 aliphatic carbocycles. The molecule has 2 N–H and O–H groups in total. The Morgan fingerprint density at radius 2 is 2.05 bits per heavy atom. The van der Waals surface area contributed by atoms with Gasteiger partial charge < -0.3 is 15.4 Å². The van der Waals surface area contributed by atoms with Crippen molar-refractivity contribution in [2.24, 2.45) is 10.7 Å². The van der Waals surface area contributed by atoms with Crippen molar-refractivity contribution in [2.45, 2.75) is 44.4 Å². The summed E-state index contributed by atoms with van der Waals surface area (Å²) in [6.45, 7) is 2.29. The second-order valence-electron chi connectivity index (χ2n) is 5.61. The zero-order valence-electron chi connectivity index (χ0n) is 11.9. The van der Waals surface area contributed by atoms with Crippen LogP contribution in [0, 0.1) is 0 Å². The topological polar surface area (TPSA) is 50.8 Å². The summed E-state index contributed by atoms with van der Waals surface area (Å²) in [5.41, 5.74) is 7.42. The summed E-state index contributed by atoms with van der Waals surface area (Å²) in [5, 5.41) is 0. The minimum Gasteiger partial charge on any atom is -0.374 e. The van der Waals surface area contributed by atoms with E-state index in [0.29, 0.717) is 24.7 Å². The van der Waals surface area contributed by atoms with Crippen molar-refractivity contribution in [1.82, 2.24) is 4.90 Å². The highest BCUT2D eigenvalue weighted by molar-refractivity contribution is 5.78. The van der Waals surface area contributed by atoms with E-state index in [4.69, 9.17) is 10.5 Å². The molecule has 2 unspecified atom stereocenters. The zero-order valence-corrected chi connectivity index (χ0v) is 11.9. The molecule has 0 spiro atoms. The maximum atomic E-state index is 6.22. The summed E-state index contributed by atoms with van der Waals surface area (Å²) < 4.78 is 5.87. The molecule has 3 rings (SSSR count). The second-order valence-corrected chi connectivity index (χ2v) is 5.61. The van der Waals surface area contributed by atoms with E-state index in [1.54, 1.807) is 0 Å². The molecule has 1 aromatic rings. The lowest BCUT2D eigenvalue weighted by Gasteiger charge is -2.44. The minimum absolute atomic E-state index is 0.350. The Morgan fingerprint density at radius 1 is 1.25 bits per heavy atom. The molecule has 0 radical (unpaired) electrons. The first-order valence-electron chi connectivity index (χ1n) is 7.56. The van der Waals surface area contributed by atoms with E-state index in [-0.39, 0.29) is 0 Å². The maximum absolute atomic E-state index is 6.22. The van der Waals surface area contributed by atoms with Crippen LogP contribution >= 0.6 is 0 Å². The number of morpholine rings is 1. The quantitative estimate of drug-likeness (QED) is 0.663. The van der Waals surface area contributed by atoms with Gasteiger partial charge in [-0.25, -0.2) is 4.99 Å². The monoisotopic (exact) mass is 273 g/mol. The first-order chi connectivity index (χ1) is 9.84. The molecular formula is C16H23N3O. The summed E-state index contributed by atoms with van der Waals surface area (Å²) in [6.07, 6.45) is 5.23. The molecule has 1 heterocycles. The van der Waals surface area contributed by atoms with Gasteiger partial charge in [0.25, 0.3) is 0 Å². The molecule has 20 heavy (non-hydrogen) atoms. The third-order valence-corrected chi connectivity index (χ3v) is 4.29. The number of guanidine groups is 1. The molecule has 0 bridgehead atoms. The van der Waals surface area contributed by atoms with Gasteiger partial charge in [0, 0.05) is 6.54 Å². The largest absolute Gasteiger partial charge is 0.374 e. The van der Waals surface area contributed by atoms with E-state index in [1.165, 1.54) is 24.8 Å². The molecule has 2 fully saturated rings. The van der Waals surface area contributed by atoms with E-state index in [0.717, 1.165) is 19.6 Å². The fourth-order valence-electron chi connectivity index (χ4n) is 3.23. The zero-order chi connectivity index (χ0) is 13.8. The van der Waals surface area contributed by atoms with E-state index < -0.39 is 0 Å². The lowest BCUT2D eigenvalue weighted by molar-refractivity contribution is -0.0641. The summed E-state index contributed by atoms with van der Waals surface area (Å²) in [4.78, 5) is 6.83. The van der Waals surface area contributed by atoms with E-state index in [9.17, 15) is 0 Å². The molecule has 1 saturated heterocycles. The molecule has 1 saturated carbocycles. The molecular weight excluding hydrogens is 250 g/mol. The van der Waals surface area contributed by atoms with Crippen molar-refractivity contribution in [1.29, 1.82) is 0 Å². The minimum atomic E-state index is 0.350. The first kappa shape index (κ1) is 13.4. The summed E-state index contributed by atoms with van der Waals surface area (Å²) in [7, 11) is 0. The Kier molecular flexibility index (Phi) is 4.21. The number of ether oxygens (including phenoxy) is 1. The van der Waals surface area contributed by atoms with Crippen LogP contribution in [0.25, 0.3) is 0 Å². The molecule has 4 nitrogen and oxygen atoms in total. The lowest BCUT2D eigenvalue weighted by Crippen LogP contribution is -2.56. The Bertz CT molecular complexity index is 458. The van der Waals surface area contributed by atoms with Crippen LogP contribution in [0.3, 0.4) is 0 Å². The highest BCUT2D eigenvalue weighted by Crippen LogP contribution is 2.28. The van der Waals surface area contributed by atoms with Crippen LogP contribution in [0.4, 0.5) is 0 Å². The Balaban J connectivity index is 1.67. The Hall–Kier alpha value is -1.55. The number of fused-ring (bicyclic) bond motifs is 1. The third kappa shape index (κ3) is 2.96. The van der Waals surface area contributed by atoms with Crippen LogP contribution in [0.15, 0.2) is 35.3 Å². The van der Waals surface area contributed by atoms with Gasteiger partial charge in [-0.3, -0.25) is 0 Å². The predicted octanol–water partition coefficient (Wildman–Crippen LogP) is 2.14. The molecule has 108 valence electrons. The van der Waals surface area contributed by atoms with Crippen LogP contribution in [0.1, 0.15) is 31.2 Å². The van der Waals surface area contributed by atoms with Gasteiger partial charge in [-0.15, -0.1) is 0 Å². The lowest BCUT2D eigenvalue weighted by atomic mass is 9.90. The molecule has 4 heteroatoms. The third-order valence-electron chi connectivity index (χ3n) is 4.29. The summed E-state index contributed by atoms with van der Waals surface area (Å²) >= 11 is 0. The van der Waals surface area contributed by atoms with Crippen molar-refractivity contribution < 1.29 is 4.74 Å². The smallest absolute Gasteiger partial charge is 0.192 e. The maximum Gasteiger partial charge on any atom is 0.192 e. The Morgan fingerprint density at radius 3 is 2.90 bits per heavy atom. The highest BCUT2D eigenvalue weighted by atomic mass is 16.5. The van der Waals surface area contributed by atoms with Crippen molar-refractivity contribution in [3.63, 3.8) is 0 Å². The SMILES string of the molecule is NC(=NCc1ccccc1)N1CCOC2CCCCC21. The summed E-state index contributed by atoms with van der Waals surface area (Å²) in [6, 6.07) is 10.7. The number of aliphatic imine (C=N–C) groups is 1. The number of benzene rings is 1. The van der Waals surface area contributed by atoms with Crippen molar-refractivity contribution >= 4 is 5.96 Å². The van der Waals surface area contributed by atoms with Gasteiger partial charge >= 0.3 is 0 Å². The van der Waals surface area contributed by atoms with Crippen molar-refractivity contribution in [3.8, 4) is 0 Å². The molecule has 1 aliphatic heterocycles. The van der Waals surface area contributed by atoms with Gasteiger partial charge in [0.2, 0.25) is 0 Å². The average molecular weight is 273 g/mol. The number of nitrogens with two attached hydrogens (primary N) is 1. The standard InChI is InChI=1S/C16H23N3O/c17-16(18-12-13-6-2-1-3-7-13)19-10-11-20-15-9-5-4-8-14(15)19/h1-3,6-7,14-15H,4-5,8-12H2,(H2,17,18). The number of hydrogen-bond donors (Lipinski definition) is 1. The second kappa shape index (κ2) is 6.27. The fraction of sp³-hybridized carbons (Fsp3) is 0.562. The average Bonchev–Trinajstić information content (AvgIpc) is 2.53. The number of rotatable bonds is 2. The summed E-state index contributed by atoms with van der Waals surface area (Å²) in [5.74, 6) is 0.675. The van der Waals surface area contributed by atoms with Crippen LogP contribution in [0.2, 0.25) is 0 Å². The fourth-order valence-corrected chi connectivity index (χ4v) is 3.23. The van der Waals surface area contributed by atoms with Gasteiger partial charge in [0.15, 0.2) is 5.96 Å². The van der Waals surface area contributed by atoms with Crippen LogP contribution in [-0.4, -0.2) is 36.2 Å². The number of hydrogen-bond acceptors (Lipinski definition) is 2. The molecule has 0 aromatic heterocycles. The van der Waals surface area contributed by atoms with Crippen LogP contribution in [0.5, 0.6) is 0 Å². The van der Waals surface area contributed by atoms with Crippen LogP contribution < -0.4 is 5.73 Å². The van der Waals surface area contributed by atoms with Gasteiger partial charge in [0.05, 0.1) is 25.3 Å².